The quantitative estimate of drug-likeness (QED) is 0.541. The number of nitrogens with two attached hydrogens (primary N) is 1. The third-order valence-corrected chi connectivity index (χ3v) is 3.99. The van der Waals surface area contributed by atoms with Gasteiger partial charge in [-0.25, -0.2) is 13.2 Å². The van der Waals surface area contributed by atoms with Crippen molar-refractivity contribution in [2.75, 3.05) is 12.8 Å². The second kappa shape index (κ2) is 7.76. The lowest BCUT2D eigenvalue weighted by Crippen LogP contribution is -2.39. The zero-order chi connectivity index (χ0) is 16.8. The van der Waals surface area contributed by atoms with E-state index in [4.69, 9.17) is 10.8 Å². The summed E-state index contributed by atoms with van der Waals surface area (Å²) in [5.74, 6) is -1.12. The first kappa shape index (κ1) is 17.9. The zero-order valence-electron chi connectivity index (χ0n) is 12.1. The SMILES string of the molecule is CS(=O)(=O)c1ccc(CNC(=O)NCCC(N)C(=O)O)cc1. The number of carboxylic acids is 1. The lowest BCUT2D eigenvalue weighted by atomic mass is 10.2. The highest BCUT2D eigenvalue weighted by Gasteiger charge is 2.11. The Labute approximate surface area is 128 Å². The van der Waals surface area contributed by atoms with E-state index in [1.807, 2.05) is 0 Å². The fourth-order valence-corrected chi connectivity index (χ4v) is 2.19. The van der Waals surface area contributed by atoms with Crippen LogP contribution in [0.15, 0.2) is 29.2 Å². The number of nitrogens with one attached hydrogen (secondary N) is 2. The van der Waals surface area contributed by atoms with E-state index < -0.39 is 27.9 Å². The number of sulfone groups is 1. The molecule has 1 aromatic rings. The average Bonchev–Trinajstić information content (AvgIpc) is 2.44. The van der Waals surface area contributed by atoms with Gasteiger partial charge in [0.15, 0.2) is 9.84 Å². The molecule has 1 unspecified atom stereocenters. The van der Waals surface area contributed by atoms with Gasteiger partial charge in [0.1, 0.15) is 6.04 Å². The van der Waals surface area contributed by atoms with E-state index in [2.05, 4.69) is 10.6 Å². The fourth-order valence-electron chi connectivity index (χ4n) is 1.56. The van der Waals surface area contributed by atoms with Crippen LogP contribution in [-0.2, 0) is 21.2 Å². The molecule has 0 aromatic heterocycles. The van der Waals surface area contributed by atoms with Crippen LogP contribution in [0.4, 0.5) is 4.79 Å². The Hall–Kier alpha value is -2.13. The van der Waals surface area contributed by atoms with Crippen LogP contribution in [0.3, 0.4) is 0 Å². The Balaban J connectivity index is 2.37. The van der Waals surface area contributed by atoms with E-state index in [0.29, 0.717) is 0 Å². The molecule has 0 radical (unpaired) electrons. The van der Waals surface area contributed by atoms with Gasteiger partial charge in [-0.15, -0.1) is 0 Å². The number of amides is 2. The van der Waals surface area contributed by atoms with Crippen molar-refractivity contribution in [3.05, 3.63) is 29.8 Å². The summed E-state index contributed by atoms with van der Waals surface area (Å²) in [5, 5.41) is 13.6. The third-order valence-electron chi connectivity index (χ3n) is 2.86. The number of carboxylic acid groups (broad SMARTS) is 1. The molecule has 1 rings (SSSR count). The molecule has 0 bridgehead atoms. The molecule has 0 aliphatic rings. The fraction of sp³-hybridized carbons (Fsp3) is 0.385. The van der Waals surface area contributed by atoms with E-state index in [0.717, 1.165) is 11.8 Å². The molecule has 0 saturated carbocycles. The smallest absolute Gasteiger partial charge is 0.320 e. The van der Waals surface area contributed by atoms with Crippen molar-refractivity contribution in [1.82, 2.24) is 10.6 Å². The van der Waals surface area contributed by atoms with Gasteiger partial charge >= 0.3 is 12.0 Å². The van der Waals surface area contributed by atoms with Gasteiger partial charge in [0.25, 0.3) is 0 Å². The minimum atomic E-state index is -3.24. The first-order chi connectivity index (χ1) is 10.2. The molecule has 0 spiro atoms. The van der Waals surface area contributed by atoms with E-state index >= 15 is 0 Å². The van der Waals surface area contributed by atoms with Gasteiger partial charge in [0, 0.05) is 19.3 Å². The molecular weight excluding hydrogens is 310 g/mol. The molecule has 0 aliphatic heterocycles. The van der Waals surface area contributed by atoms with Crippen LogP contribution in [0, 0.1) is 0 Å². The molecule has 1 atom stereocenters. The summed E-state index contributed by atoms with van der Waals surface area (Å²) in [5.41, 5.74) is 6.04. The number of aliphatic carboxylic acids is 1. The summed E-state index contributed by atoms with van der Waals surface area (Å²) in [6.07, 6.45) is 1.25. The lowest BCUT2D eigenvalue weighted by Gasteiger charge is -2.09. The molecule has 1 aromatic carbocycles. The van der Waals surface area contributed by atoms with Gasteiger partial charge in [0.2, 0.25) is 0 Å². The first-order valence-electron chi connectivity index (χ1n) is 6.49. The van der Waals surface area contributed by atoms with Crippen LogP contribution < -0.4 is 16.4 Å². The van der Waals surface area contributed by atoms with Crippen molar-refractivity contribution in [3.63, 3.8) is 0 Å². The van der Waals surface area contributed by atoms with Crippen molar-refractivity contribution in [1.29, 1.82) is 0 Å². The van der Waals surface area contributed by atoms with Gasteiger partial charge in [-0.3, -0.25) is 4.79 Å². The van der Waals surface area contributed by atoms with E-state index in [9.17, 15) is 18.0 Å². The first-order valence-corrected chi connectivity index (χ1v) is 8.38. The van der Waals surface area contributed by atoms with Crippen LogP contribution in [0.25, 0.3) is 0 Å². The number of hydrogen-bond donors (Lipinski definition) is 4. The molecule has 0 aliphatic carbocycles. The molecule has 2 amide bonds. The van der Waals surface area contributed by atoms with E-state index in [-0.39, 0.29) is 24.4 Å². The molecule has 0 heterocycles. The molecule has 0 saturated heterocycles. The normalized spacial score (nSPS) is 12.5. The van der Waals surface area contributed by atoms with Gasteiger partial charge in [-0.2, -0.15) is 0 Å². The van der Waals surface area contributed by atoms with E-state index in [1.165, 1.54) is 12.1 Å². The van der Waals surface area contributed by atoms with Crippen LogP contribution in [-0.4, -0.2) is 44.4 Å². The van der Waals surface area contributed by atoms with Crippen LogP contribution in [0.2, 0.25) is 0 Å². The Morgan fingerprint density at radius 2 is 1.82 bits per heavy atom. The number of carbonyl (C=O) groups is 2. The van der Waals surface area contributed by atoms with Crippen molar-refractivity contribution in [2.45, 2.75) is 23.9 Å². The summed E-state index contributed by atoms with van der Waals surface area (Å²) in [7, 11) is -3.24. The van der Waals surface area contributed by atoms with Crippen LogP contribution in [0.1, 0.15) is 12.0 Å². The topological polar surface area (TPSA) is 139 Å². The van der Waals surface area contributed by atoms with Gasteiger partial charge in [-0.1, -0.05) is 12.1 Å². The van der Waals surface area contributed by atoms with Crippen molar-refractivity contribution >= 4 is 21.8 Å². The largest absolute Gasteiger partial charge is 0.480 e. The maximum absolute atomic E-state index is 11.5. The molecule has 122 valence electrons. The highest BCUT2D eigenvalue weighted by molar-refractivity contribution is 7.90. The summed E-state index contributed by atoms with van der Waals surface area (Å²) < 4.78 is 22.6. The minimum Gasteiger partial charge on any atom is -0.480 e. The van der Waals surface area contributed by atoms with Crippen LogP contribution in [0.5, 0.6) is 0 Å². The van der Waals surface area contributed by atoms with Crippen molar-refractivity contribution < 1.29 is 23.1 Å². The number of hydrogen-bond acceptors (Lipinski definition) is 5. The van der Waals surface area contributed by atoms with Gasteiger partial charge in [-0.05, 0) is 24.1 Å². The summed E-state index contributed by atoms with van der Waals surface area (Å²) in [6, 6.07) is 4.69. The maximum Gasteiger partial charge on any atom is 0.320 e. The third kappa shape index (κ3) is 6.10. The number of benzene rings is 1. The molecular formula is C13H19N3O5S. The Morgan fingerprint density at radius 1 is 1.23 bits per heavy atom. The maximum atomic E-state index is 11.5. The molecule has 9 heteroatoms. The summed E-state index contributed by atoms with van der Waals surface area (Å²) in [4.78, 5) is 22.2. The molecule has 8 nitrogen and oxygen atoms in total. The Bertz CT molecular complexity index is 628. The molecule has 22 heavy (non-hydrogen) atoms. The Morgan fingerprint density at radius 3 is 2.32 bits per heavy atom. The highest BCUT2D eigenvalue weighted by atomic mass is 32.2. The zero-order valence-corrected chi connectivity index (χ0v) is 12.9. The summed E-state index contributed by atoms with van der Waals surface area (Å²) in [6.45, 7) is 0.368. The second-order valence-electron chi connectivity index (χ2n) is 4.76. The standard InChI is InChI=1S/C13H19N3O5S/c1-22(20,21)10-4-2-9(3-5-10)8-16-13(19)15-7-6-11(14)12(17)18/h2-5,11H,6-8,14H2,1H3,(H,17,18)(H2,15,16,19). The monoisotopic (exact) mass is 329 g/mol. The minimum absolute atomic E-state index is 0.131. The predicted octanol–water partition coefficient (Wildman–Crippen LogP) is -0.309. The predicted molar refractivity (Wildman–Crippen MR) is 80.0 cm³/mol. The van der Waals surface area contributed by atoms with Crippen molar-refractivity contribution in [3.8, 4) is 0 Å². The van der Waals surface area contributed by atoms with Gasteiger partial charge < -0.3 is 21.5 Å². The van der Waals surface area contributed by atoms with Crippen molar-refractivity contribution in [2.24, 2.45) is 5.73 Å². The molecule has 5 N–H and O–H groups in total. The number of carbonyl (C=O) groups excluding carboxylic acids is 1. The average molecular weight is 329 g/mol. The lowest BCUT2D eigenvalue weighted by molar-refractivity contribution is -0.138. The number of urea groups is 1. The molecule has 0 fully saturated rings. The van der Waals surface area contributed by atoms with E-state index in [1.54, 1.807) is 12.1 Å². The number of rotatable bonds is 7. The summed E-state index contributed by atoms with van der Waals surface area (Å²) >= 11 is 0. The van der Waals surface area contributed by atoms with Crippen LogP contribution >= 0.6 is 0 Å². The highest BCUT2D eigenvalue weighted by Crippen LogP contribution is 2.09. The van der Waals surface area contributed by atoms with Gasteiger partial charge in [0.05, 0.1) is 4.90 Å². The second-order valence-corrected chi connectivity index (χ2v) is 6.77. The Kier molecular flexibility index (Phi) is 6.32.